The Morgan fingerprint density at radius 2 is 2.14 bits per heavy atom. The predicted molar refractivity (Wildman–Crippen MR) is 77.9 cm³/mol. The fourth-order valence-electron chi connectivity index (χ4n) is 2.10. The van der Waals surface area contributed by atoms with Crippen molar-refractivity contribution in [3.8, 4) is 11.5 Å². The number of fused-ring (bicyclic) bond motifs is 1. The molecule has 2 aromatic rings. The lowest BCUT2D eigenvalue weighted by Crippen LogP contribution is -2.06. The van der Waals surface area contributed by atoms with Crippen LogP contribution in [0.1, 0.15) is 30.1 Å². The summed E-state index contributed by atoms with van der Waals surface area (Å²) in [5, 5.41) is 0.801. The van der Waals surface area contributed by atoms with Gasteiger partial charge in [-0.1, -0.05) is 0 Å². The molecule has 1 fully saturated rings. The number of esters is 1. The second-order valence-corrected chi connectivity index (χ2v) is 4.96. The molecule has 110 valence electrons. The molecule has 1 saturated carbocycles. The summed E-state index contributed by atoms with van der Waals surface area (Å²) in [6, 6.07) is 5.30. The zero-order valence-electron chi connectivity index (χ0n) is 12.1. The molecule has 1 aliphatic carbocycles. The summed E-state index contributed by atoms with van der Waals surface area (Å²) >= 11 is 0. The van der Waals surface area contributed by atoms with Crippen LogP contribution in [0.2, 0.25) is 0 Å². The molecule has 1 aromatic carbocycles. The maximum Gasteiger partial charge on any atom is 0.338 e. The van der Waals surface area contributed by atoms with Crippen molar-refractivity contribution in [3.63, 3.8) is 0 Å². The van der Waals surface area contributed by atoms with Crippen LogP contribution in [-0.4, -0.2) is 30.8 Å². The number of nitrogens with zero attached hydrogens (tertiary/aromatic N) is 1. The third-order valence-corrected chi connectivity index (χ3v) is 3.29. The van der Waals surface area contributed by atoms with E-state index in [1.807, 2.05) is 6.07 Å². The number of carbonyl (C=O) groups is 1. The number of carbonyl (C=O) groups excluding carboxylic acids is 1. The highest BCUT2D eigenvalue weighted by Gasteiger charge is 2.25. The maximum absolute atomic E-state index is 12.0. The first-order chi connectivity index (χ1) is 10.2. The van der Waals surface area contributed by atoms with Gasteiger partial charge in [0.15, 0.2) is 0 Å². The third-order valence-electron chi connectivity index (χ3n) is 3.29. The average molecular weight is 287 g/mol. The third kappa shape index (κ3) is 2.91. The summed E-state index contributed by atoms with van der Waals surface area (Å²) in [5.74, 6) is 0.907. The minimum atomic E-state index is -0.358. The standard InChI is InChI=1S/C16H17NO4/c1-3-20-16(18)11-6-10-7-13(19-2)9-17-15(10)14(8-11)21-12-4-5-12/h6-9,12H,3-5H2,1-2H3. The monoisotopic (exact) mass is 287 g/mol. The molecular weight excluding hydrogens is 270 g/mol. The molecule has 0 N–H and O–H groups in total. The van der Waals surface area contributed by atoms with Crippen molar-refractivity contribution in [2.45, 2.75) is 25.9 Å². The molecule has 0 aliphatic heterocycles. The van der Waals surface area contributed by atoms with Gasteiger partial charge in [0.05, 0.1) is 31.6 Å². The Hall–Kier alpha value is -2.30. The van der Waals surface area contributed by atoms with Crippen molar-refractivity contribution >= 4 is 16.9 Å². The molecule has 5 nitrogen and oxygen atoms in total. The van der Waals surface area contributed by atoms with Crippen LogP contribution in [-0.2, 0) is 4.74 Å². The van der Waals surface area contributed by atoms with E-state index in [2.05, 4.69) is 4.98 Å². The lowest BCUT2D eigenvalue weighted by molar-refractivity contribution is 0.0526. The summed E-state index contributed by atoms with van der Waals surface area (Å²) in [6.07, 6.45) is 3.96. The molecule has 0 spiro atoms. The van der Waals surface area contributed by atoms with Gasteiger partial charge in [0.1, 0.15) is 17.0 Å². The number of ether oxygens (including phenoxy) is 3. The first kappa shape index (κ1) is 13.7. The van der Waals surface area contributed by atoms with Gasteiger partial charge in [-0.25, -0.2) is 9.78 Å². The molecule has 0 saturated heterocycles. The Balaban J connectivity index is 2.08. The van der Waals surface area contributed by atoms with E-state index in [0.717, 1.165) is 23.7 Å². The van der Waals surface area contributed by atoms with Crippen LogP contribution >= 0.6 is 0 Å². The molecule has 0 amide bonds. The van der Waals surface area contributed by atoms with Gasteiger partial charge in [-0.3, -0.25) is 0 Å². The van der Waals surface area contributed by atoms with E-state index in [9.17, 15) is 4.79 Å². The number of hydrogen-bond donors (Lipinski definition) is 0. The van der Waals surface area contributed by atoms with E-state index in [1.165, 1.54) is 0 Å². The highest BCUT2D eigenvalue weighted by molar-refractivity contribution is 5.97. The maximum atomic E-state index is 12.0. The SMILES string of the molecule is CCOC(=O)c1cc(OC2CC2)c2ncc(OC)cc2c1. The van der Waals surface area contributed by atoms with Crippen molar-refractivity contribution in [1.82, 2.24) is 4.98 Å². The highest BCUT2D eigenvalue weighted by Crippen LogP contribution is 2.33. The van der Waals surface area contributed by atoms with Gasteiger partial charge < -0.3 is 14.2 Å². The van der Waals surface area contributed by atoms with Crippen LogP contribution in [0.5, 0.6) is 11.5 Å². The molecule has 0 unspecified atom stereocenters. The van der Waals surface area contributed by atoms with Crippen LogP contribution in [0, 0.1) is 0 Å². The van der Waals surface area contributed by atoms with Crippen LogP contribution in [0.3, 0.4) is 0 Å². The summed E-state index contributed by atoms with van der Waals surface area (Å²) in [7, 11) is 1.58. The molecule has 3 rings (SSSR count). The second-order valence-electron chi connectivity index (χ2n) is 4.96. The van der Waals surface area contributed by atoms with E-state index in [0.29, 0.717) is 23.7 Å². The predicted octanol–water partition coefficient (Wildman–Crippen LogP) is 2.96. The smallest absolute Gasteiger partial charge is 0.338 e. The zero-order valence-corrected chi connectivity index (χ0v) is 12.1. The van der Waals surface area contributed by atoms with Gasteiger partial charge in [0.2, 0.25) is 0 Å². The van der Waals surface area contributed by atoms with Crippen molar-refractivity contribution in [2.24, 2.45) is 0 Å². The Morgan fingerprint density at radius 1 is 1.33 bits per heavy atom. The Kier molecular flexibility index (Phi) is 3.64. The number of methoxy groups -OCH3 is 1. The minimum Gasteiger partial charge on any atom is -0.495 e. The van der Waals surface area contributed by atoms with E-state index in [4.69, 9.17) is 14.2 Å². The molecule has 21 heavy (non-hydrogen) atoms. The Labute approximate surface area is 122 Å². The molecule has 0 bridgehead atoms. The summed E-state index contributed by atoms with van der Waals surface area (Å²) < 4.78 is 16.1. The number of hydrogen-bond acceptors (Lipinski definition) is 5. The fourth-order valence-corrected chi connectivity index (χ4v) is 2.10. The molecule has 1 aliphatic rings. The molecular formula is C16H17NO4. The van der Waals surface area contributed by atoms with Gasteiger partial charge in [-0.05, 0) is 38.0 Å². The summed E-state index contributed by atoms with van der Waals surface area (Å²) in [4.78, 5) is 16.3. The van der Waals surface area contributed by atoms with Crippen LogP contribution in [0.4, 0.5) is 0 Å². The number of pyridine rings is 1. The van der Waals surface area contributed by atoms with Gasteiger partial charge >= 0.3 is 5.97 Å². The lowest BCUT2D eigenvalue weighted by atomic mass is 10.1. The van der Waals surface area contributed by atoms with E-state index in [1.54, 1.807) is 32.4 Å². The summed E-state index contributed by atoms with van der Waals surface area (Å²) in [6.45, 7) is 2.12. The normalized spacial score (nSPS) is 14.0. The molecule has 5 heteroatoms. The van der Waals surface area contributed by atoms with Crippen LogP contribution in [0.25, 0.3) is 10.9 Å². The quantitative estimate of drug-likeness (QED) is 0.791. The van der Waals surface area contributed by atoms with Gasteiger partial charge in [-0.15, -0.1) is 0 Å². The number of rotatable bonds is 5. The second kappa shape index (κ2) is 5.60. The molecule has 1 heterocycles. The van der Waals surface area contributed by atoms with Crippen LogP contribution in [0.15, 0.2) is 24.4 Å². The molecule has 0 atom stereocenters. The highest BCUT2D eigenvalue weighted by atomic mass is 16.5. The van der Waals surface area contributed by atoms with Crippen molar-refractivity contribution < 1.29 is 19.0 Å². The largest absolute Gasteiger partial charge is 0.495 e. The van der Waals surface area contributed by atoms with E-state index in [-0.39, 0.29) is 12.1 Å². The molecule has 1 aromatic heterocycles. The van der Waals surface area contributed by atoms with E-state index >= 15 is 0 Å². The summed E-state index contributed by atoms with van der Waals surface area (Å²) in [5.41, 5.74) is 1.20. The van der Waals surface area contributed by atoms with Crippen molar-refractivity contribution in [1.29, 1.82) is 0 Å². The Morgan fingerprint density at radius 3 is 2.81 bits per heavy atom. The molecule has 0 radical (unpaired) electrons. The van der Waals surface area contributed by atoms with Crippen molar-refractivity contribution in [3.05, 3.63) is 30.0 Å². The average Bonchev–Trinajstić information content (AvgIpc) is 3.30. The number of benzene rings is 1. The zero-order chi connectivity index (χ0) is 14.8. The van der Waals surface area contributed by atoms with Crippen molar-refractivity contribution in [2.75, 3.05) is 13.7 Å². The first-order valence-electron chi connectivity index (χ1n) is 7.03. The van der Waals surface area contributed by atoms with Gasteiger partial charge in [0, 0.05) is 5.39 Å². The topological polar surface area (TPSA) is 57.7 Å². The van der Waals surface area contributed by atoms with Gasteiger partial charge in [0.25, 0.3) is 0 Å². The van der Waals surface area contributed by atoms with Gasteiger partial charge in [-0.2, -0.15) is 0 Å². The van der Waals surface area contributed by atoms with E-state index < -0.39 is 0 Å². The number of aromatic nitrogens is 1. The first-order valence-corrected chi connectivity index (χ1v) is 7.03. The minimum absolute atomic E-state index is 0.231. The fraction of sp³-hybridized carbons (Fsp3) is 0.375. The Bertz CT molecular complexity index is 679. The van der Waals surface area contributed by atoms with Crippen LogP contribution < -0.4 is 9.47 Å². The lowest BCUT2D eigenvalue weighted by Gasteiger charge is -2.11.